The fraction of sp³-hybridized carbons (Fsp3) is 0.167. The average Bonchev–Trinajstić information content (AvgIpc) is 1.89. The van der Waals surface area contributed by atoms with Crippen molar-refractivity contribution in [1.29, 1.82) is 0 Å². The summed E-state index contributed by atoms with van der Waals surface area (Å²) in [4.78, 5) is 4.60. The van der Waals surface area contributed by atoms with E-state index in [1.165, 1.54) is 0 Å². The van der Waals surface area contributed by atoms with Crippen LogP contribution in [0, 0.1) is 0 Å². The van der Waals surface area contributed by atoms with Gasteiger partial charge >= 0.3 is 51.4 Å². The molecule has 0 saturated heterocycles. The number of rotatable bonds is 1. The fourth-order valence-electron chi connectivity index (χ4n) is 0.546. The van der Waals surface area contributed by atoms with Crippen molar-refractivity contribution < 1.29 is 4.74 Å². The van der Waals surface area contributed by atoms with Crippen LogP contribution in [-0.2, 0) is 0 Å². The Balaban J connectivity index is 0.000000810. The van der Waals surface area contributed by atoms with E-state index in [2.05, 4.69) is 17.6 Å². The molecule has 0 unspecified atom stereocenters. The van der Waals surface area contributed by atoms with Gasteiger partial charge in [-0.15, -0.1) is 12.6 Å². The second-order valence-corrected chi connectivity index (χ2v) is 2.03. The van der Waals surface area contributed by atoms with Crippen LogP contribution in [0.5, 0.6) is 5.75 Å². The van der Waals surface area contributed by atoms with Crippen molar-refractivity contribution >= 4 is 64.0 Å². The molecule has 1 aromatic heterocycles. The average molecular weight is 181 g/mol. The molecular formula is C6H8KNOS. The van der Waals surface area contributed by atoms with Crippen molar-refractivity contribution in [1.82, 2.24) is 4.98 Å². The van der Waals surface area contributed by atoms with Gasteiger partial charge in [-0.25, -0.2) is 0 Å². The molecule has 0 atom stereocenters. The van der Waals surface area contributed by atoms with Gasteiger partial charge in [0, 0.05) is 12.4 Å². The summed E-state index contributed by atoms with van der Waals surface area (Å²) in [6.07, 6.45) is 3.31. The summed E-state index contributed by atoms with van der Waals surface area (Å²) in [5.41, 5.74) is 0. The van der Waals surface area contributed by atoms with E-state index in [4.69, 9.17) is 4.74 Å². The van der Waals surface area contributed by atoms with Gasteiger partial charge in [0.05, 0.1) is 12.0 Å². The first kappa shape index (κ1) is 10.9. The fourth-order valence-corrected chi connectivity index (χ4v) is 0.778. The van der Waals surface area contributed by atoms with Crippen LogP contribution < -0.4 is 4.74 Å². The first-order valence-corrected chi connectivity index (χ1v) is 2.96. The molecular weight excluding hydrogens is 173 g/mol. The van der Waals surface area contributed by atoms with Crippen LogP contribution in [0.1, 0.15) is 0 Å². The Kier molecular flexibility index (Phi) is 6.09. The Morgan fingerprint density at radius 1 is 1.60 bits per heavy atom. The van der Waals surface area contributed by atoms with Crippen LogP contribution in [-0.4, -0.2) is 63.5 Å². The molecule has 1 aromatic rings. The molecule has 50 valence electrons. The van der Waals surface area contributed by atoms with E-state index in [9.17, 15) is 0 Å². The number of hydrogen-bond donors (Lipinski definition) is 1. The van der Waals surface area contributed by atoms with Gasteiger partial charge in [0.15, 0.2) is 0 Å². The first-order chi connectivity index (χ1) is 4.34. The van der Waals surface area contributed by atoms with E-state index in [1.807, 2.05) is 0 Å². The van der Waals surface area contributed by atoms with Crippen molar-refractivity contribution in [3.05, 3.63) is 18.5 Å². The van der Waals surface area contributed by atoms with Gasteiger partial charge in [-0.05, 0) is 6.07 Å². The molecule has 2 nitrogen and oxygen atoms in total. The molecule has 1 rings (SSSR count). The number of methoxy groups -OCH3 is 1. The normalized spacial score (nSPS) is 8.20. The summed E-state index contributed by atoms with van der Waals surface area (Å²) in [5.74, 6) is 0.758. The second kappa shape index (κ2) is 5.57. The van der Waals surface area contributed by atoms with E-state index in [0.29, 0.717) is 0 Å². The summed E-state index contributed by atoms with van der Waals surface area (Å²) >= 11 is 4.09. The second-order valence-electron chi connectivity index (χ2n) is 1.55. The van der Waals surface area contributed by atoms with Crippen LogP contribution in [0.3, 0.4) is 0 Å². The Morgan fingerprint density at radius 2 is 2.30 bits per heavy atom. The molecule has 0 aromatic carbocycles. The summed E-state index contributed by atoms with van der Waals surface area (Å²) < 4.78 is 4.93. The molecule has 0 spiro atoms. The third-order valence-electron chi connectivity index (χ3n) is 0.981. The van der Waals surface area contributed by atoms with Gasteiger partial charge < -0.3 is 4.74 Å². The van der Waals surface area contributed by atoms with E-state index in [1.54, 1.807) is 25.6 Å². The molecule has 0 radical (unpaired) electrons. The number of nitrogens with zero attached hydrogens (tertiary/aromatic N) is 1. The summed E-state index contributed by atoms with van der Waals surface area (Å²) in [7, 11) is 1.61. The van der Waals surface area contributed by atoms with E-state index in [-0.39, 0.29) is 51.4 Å². The number of thiol groups is 1. The molecule has 10 heavy (non-hydrogen) atoms. The zero-order valence-electron chi connectivity index (χ0n) is 5.03. The number of pyridine rings is 1. The third kappa shape index (κ3) is 2.90. The zero-order valence-corrected chi connectivity index (χ0v) is 5.93. The van der Waals surface area contributed by atoms with Crippen molar-refractivity contribution in [3.8, 4) is 5.75 Å². The molecule has 0 aliphatic carbocycles. The molecule has 0 aliphatic rings. The molecule has 4 heteroatoms. The van der Waals surface area contributed by atoms with Gasteiger partial charge in [0.25, 0.3) is 0 Å². The van der Waals surface area contributed by atoms with Crippen molar-refractivity contribution in [2.45, 2.75) is 4.90 Å². The van der Waals surface area contributed by atoms with Gasteiger partial charge in [-0.3, -0.25) is 4.98 Å². The maximum atomic E-state index is 4.93. The number of aromatic nitrogens is 1. The Hall–Kier alpha value is 0.936. The quantitative estimate of drug-likeness (QED) is 0.510. The molecule has 0 saturated carbocycles. The Morgan fingerprint density at radius 3 is 2.70 bits per heavy atom. The Labute approximate surface area is 108 Å². The molecule has 0 amide bonds. The minimum absolute atomic E-state index is 0. The monoisotopic (exact) mass is 181 g/mol. The van der Waals surface area contributed by atoms with Gasteiger partial charge in [-0.1, -0.05) is 0 Å². The topological polar surface area (TPSA) is 22.1 Å². The predicted octanol–water partition coefficient (Wildman–Crippen LogP) is 0.730. The van der Waals surface area contributed by atoms with Crippen LogP contribution in [0.4, 0.5) is 0 Å². The summed E-state index contributed by atoms with van der Waals surface area (Å²) in [6.45, 7) is 0. The van der Waals surface area contributed by atoms with Crippen LogP contribution in [0.25, 0.3) is 0 Å². The van der Waals surface area contributed by atoms with Crippen LogP contribution in [0.15, 0.2) is 23.4 Å². The molecule has 0 N–H and O–H groups in total. The molecule has 0 aliphatic heterocycles. The van der Waals surface area contributed by atoms with Crippen LogP contribution in [0.2, 0.25) is 0 Å². The van der Waals surface area contributed by atoms with E-state index >= 15 is 0 Å². The summed E-state index contributed by atoms with van der Waals surface area (Å²) in [5, 5.41) is 0. The maximum absolute atomic E-state index is 4.93. The Bertz CT molecular complexity index is 207. The minimum atomic E-state index is 0. The van der Waals surface area contributed by atoms with Crippen LogP contribution >= 0.6 is 12.6 Å². The first-order valence-electron chi connectivity index (χ1n) is 2.51. The van der Waals surface area contributed by atoms with E-state index in [0.717, 1.165) is 10.6 Å². The summed E-state index contributed by atoms with van der Waals surface area (Å²) in [6, 6.07) is 1.77. The zero-order chi connectivity index (χ0) is 6.69. The van der Waals surface area contributed by atoms with Crippen molar-refractivity contribution in [2.75, 3.05) is 7.11 Å². The van der Waals surface area contributed by atoms with E-state index < -0.39 is 0 Å². The molecule has 0 fully saturated rings. The predicted molar refractivity (Wildman–Crippen MR) is 45.2 cm³/mol. The van der Waals surface area contributed by atoms with Crippen molar-refractivity contribution in [2.24, 2.45) is 0 Å². The molecule has 0 bridgehead atoms. The number of hydrogen-bond acceptors (Lipinski definition) is 3. The van der Waals surface area contributed by atoms with Crippen molar-refractivity contribution in [3.63, 3.8) is 0 Å². The third-order valence-corrected chi connectivity index (χ3v) is 1.32. The van der Waals surface area contributed by atoms with Gasteiger partial charge in [-0.2, -0.15) is 0 Å². The van der Waals surface area contributed by atoms with Gasteiger partial charge in [0.1, 0.15) is 5.75 Å². The number of ether oxygens (including phenoxy) is 1. The molecule has 1 heterocycles. The van der Waals surface area contributed by atoms with Gasteiger partial charge in [0.2, 0.25) is 0 Å². The standard InChI is InChI=1S/C6H7NOS.K.H/c1-8-5-2-3-7-4-6(5)9;;/h2-4,9H,1H3;;. The SMILES string of the molecule is COc1ccncc1S.[KH].